The molecule has 0 aromatic heterocycles. The summed E-state index contributed by atoms with van der Waals surface area (Å²) in [4.78, 5) is 27.4. The predicted octanol–water partition coefficient (Wildman–Crippen LogP) is 2.27. The van der Waals surface area contributed by atoms with E-state index in [2.05, 4.69) is 0 Å². The quantitative estimate of drug-likeness (QED) is 0.401. The molecule has 0 bridgehead atoms. The van der Waals surface area contributed by atoms with Crippen LogP contribution in [0.3, 0.4) is 0 Å². The smallest absolute Gasteiger partial charge is 0.269 e. The molecule has 0 unspecified atom stereocenters. The van der Waals surface area contributed by atoms with Gasteiger partial charge in [-0.15, -0.1) is 0 Å². The molecule has 2 amide bonds. The van der Waals surface area contributed by atoms with E-state index in [1.165, 1.54) is 34.8 Å². The van der Waals surface area contributed by atoms with Gasteiger partial charge in [0, 0.05) is 24.2 Å². The van der Waals surface area contributed by atoms with Crippen LogP contribution < -0.4 is 4.90 Å². The molecule has 2 aliphatic heterocycles. The highest BCUT2D eigenvalue weighted by Crippen LogP contribution is 2.32. The maximum atomic E-state index is 13.2. The summed E-state index contributed by atoms with van der Waals surface area (Å²) in [5.41, 5.74) is 1.43. The molecule has 0 atom stereocenters. The van der Waals surface area contributed by atoms with Gasteiger partial charge in [0.25, 0.3) is 11.8 Å². The lowest BCUT2D eigenvalue weighted by Gasteiger charge is -2.29. The molecule has 0 saturated carbocycles. The molecule has 1 fully saturated rings. The Kier molecular flexibility index (Phi) is 5.90. The normalized spacial score (nSPS) is 18.9. The molecule has 162 valence electrons. The van der Waals surface area contributed by atoms with Gasteiger partial charge in [-0.05, 0) is 37.3 Å². The number of carbonyl (C=O) groups excluding carboxylic acids is 2. The van der Waals surface area contributed by atoms with Gasteiger partial charge in [0.15, 0.2) is 0 Å². The third-order valence-corrected chi connectivity index (χ3v) is 7.07. The standard InChI is InChI=1S/C22H22N2O6S/c1-2-29-15-20-18-5-3-4-6-19(18)21(25)24(22(20)26)16-7-9-17(10-8-16)31(27,28)23-11-13-30-14-12-23/h3-10,15H,2,11-14H2,1H3/b20-15-. The van der Waals surface area contributed by atoms with Gasteiger partial charge in [-0.3, -0.25) is 9.59 Å². The zero-order valence-corrected chi connectivity index (χ0v) is 17.8. The van der Waals surface area contributed by atoms with E-state index >= 15 is 0 Å². The number of ether oxygens (including phenoxy) is 2. The van der Waals surface area contributed by atoms with Gasteiger partial charge in [-0.25, -0.2) is 13.3 Å². The van der Waals surface area contributed by atoms with Crippen molar-refractivity contribution in [2.45, 2.75) is 11.8 Å². The summed E-state index contributed by atoms with van der Waals surface area (Å²) in [6, 6.07) is 12.6. The Bertz CT molecular complexity index is 1130. The summed E-state index contributed by atoms with van der Waals surface area (Å²) in [5, 5.41) is 0. The van der Waals surface area contributed by atoms with E-state index in [-0.39, 0.29) is 29.2 Å². The lowest BCUT2D eigenvalue weighted by Crippen LogP contribution is -2.42. The van der Waals surface area contributed by atoms with Gasteiger partial charge < -0.3 is 9.47 Å². The van der Waals surface area contributed by atoms with E-state index in [0.29, 0.717) is 30.9 Å². The van der Waals surface area contributed by atoms with Gasteiger partial charge >= 0.3 is 0 Å². The number of sulfonamides is 1. The van der Waals surface area contributed by atoms with Crippen LogP contribution in [0.25, 0.3) is 5.57 Å². The molecular weight excluding hydrogens is 420 g/mol. The second-order valence-electron chi connectivity index (χ2n) is 6.99. The molecule has 1 saturated heterocycles. The first-order valence-corrected chi connectivity index (χ1v) is 11.4. The van der Waals surface area contributed by atoms with Crippen LogP contribution in [0, 0.1) is 0 Å². The van der Waals surface area contributed by atoms with Crippen LogP contribution in [0.15, 0.2) is 59.7 Å². The SMILES string of the molecule is CCO/C=C1\C(=O)N(c2ccc(S(=O)(=O)N3CCOCC3)cc2)C(=O)c2ccccc21. The first kappa shape index (κ1) is 21.2. The fourth-order valence-corrected chi connectivity index (χ4v) is 4.98. The van der Waals surface area contributed by atoms with Crippen molar-refractivity contribution in [2.24, 2.45) is 0 Å². The Hall–Kier alpha value is -3.01. The molecule has 0 radical (unpaired) electrons. The minimum atomic E-state index is -3.67. The van der Waals surface area contributed by atoms with Crippen LogP contribution in [0.1, 0.15) is 22.8 Å². The van der Waals surface area contributed by atoms with Gasteiger partial charge in [-0.1, -0.05) is 18.2 Å². The molecule has 2 aliphatic rings. The van der Waals surface area contributed by atoms with Crippen molar-refractivity contribution in [2.75, 3.05) is 37.8 Å². The minimum Gasteiger partial charge on any atom is -0.501 e. The lowest BCUT2D eigenvalue weighted by atomic mass is 9.94. The summed E-state index contributed by atoms with van der Waals surface area (Å²) < 4.78 is 37.6. The molecule has 31 heavy (non-hydrogen) atoms. The number of nitrogens with zero attached hydrogens (tertiary/aromatic N) is 2. The van der Waals surface area contributed by atoms with Crippen molar-refractivity contribution < 1.29 is 27.5 Å². The zero-order chi connectivity index (χ0) is 22.0. The molecule has 0 aliphatic carbocycles. The van der Waals surface area contributed by atoms with Crippen LogP contribution in [-0.4, -0.2) is 57.4 Å². The number of rotatable bonds is 5. The number of anilines is 1. The van der Waals surface area contributed by atoms with Crippen molar-refractivity contribution >= 4 is 33.1 Å². The van der Waals surface area contributed by atoms with E-state index in [1.54, 1.807) is 31.2 Å². The Morgan fingerprint density at radius 2 is 1.61 bits per heavy atom. The molecular formula is C22H22N2O6S. The van der Waals surface area contributed by atoms with Crippen molar-refractivity contribution in [1.82, 2.24) is 4.31 Å². The molecule has 9 heteroatoms. The number of carbonyl (C=O) groups is 2. The zero-order valence-electron chi connectivity index (χ0n) is 17.0. The highest BCUT2D eigenvalue weighted by Gasteiger charge is 2.36. The summed E-state index contributed by atoms with van der Waals surface area (Å²) in [6.45, 7) is 3.45. The monoisotopic (exact) mass is 442 g/mol. The third kappa shape index (κ3) is 3.87. The third-order valence-electron chi connectivity index (χ3n) is 5.15. The van der Waals surface area contributed by atoms with E-state index < -0.39 is 21.8 Å². The predicted molar refractivity (Wildman–Crippen MR) is 114 cm³/mol. The van der Waals surface area contributed by atoms with E-state index in [0.717, 1.165) is 4.90 Å². The summed E-state index contributed by atoms with van der Waals surface area (Å²) in [5.74, 6) is -1.00. The first-order chi connectivity index (χ1) is 14.9. The van der Waals surface area contributed by atoms with Crippen LogP contribution in [0.5, 0.6) is 0 Å². The lowest BCUT2D eigenvalue weighted by molar-refractivity contribution is -0.113. The number of hydrogen-bond acceptors (Lipinski definition) is 6. The van der Waals surface area contributed by atoms with Crippen molar-refractivity contribution in [1.29, 1.82) is 0 Å². The highest BCUT2D eigenvalue weighted by atomic mass is 32.2. The van der Waals surface area contributed by atoms with Gasteiger partial charge in [-0.2, -0.15) is 4.31 Å². The van der Waals surface area contributed by atoms with E-state index in [9.17, 15) is 18.0 Å². The number of amides is 2. The number of hydrogen-bond donors (Lipinski definition) is 0. The highest BCUT2D eigenvalue weighted by molar-refractivity contribution is 7.89. The Morgan fingerprint density at radius 3 is 2.26 bits per heavy atom. The molecule has 4 rings (SSSR count). The second kappa shape index (κ2) is 8.62. The number of imide groups is 1. The van der Waals surface area contributed by atoms with Crippen molar-refractivity contribution in [3.8, 4) is 0 Å². The summed E-state index contributed by atoms with van der Waals surface area (Å²) >= 11 is 0. The van der Waals surface area contributed by atoms with Crippen LogP contribution in [0.4, 0.5) is 5.69 Å². The fraction of sp³-hybridized carbons (Fsp3) is 0.273. The van der Waals surface area contributed by atoms with Crippen LogP contribution in [-0.2, 0) is 24.3 Å². The topological polar surface area (TPSA) is 93.2 Å². The molecule has 2 aromatic carbocycles. The Morgan fingerprint density at radius 1 is 0.968 bits per heavy atom. The fourth-order valence-electron chi connectivity index (χ4n) is 3.57. The average Bonchev–Trinajstić information content (AvgIpc) is 2.80. The first-order valence-electron chi connectivity index (χ1n) is 9.93. The van der Waals surface area contributed by atoms with Crippen LogP contribution in [0.2, 0.25) is 0 Å². The van der Waals surface area contributed by atoms with Crippen molar-refractivity contribution in [3.05, 3.63) is 65.9 Å². The summed E-state index contributed by atoms with van der Waals surface area (Å²) in [7, 11) is -3.67. The molecule has 0 spiro atoms. The van der Waals surface area contributed by atoms with Gasteiger partial charge in [0.05, 0.1) is 42.2 Å². The molecule has 2 aromatic rings. The number of benzene rings is 2. The Balaban J connectivity index is 1.69. The van der Waals surface area contributed by atoms with E-state index in [1.807, 2.05) is 0 Å². The molecule has 8 nitrogen and oxygen atoms in total. The van der Waals surface area contributed by atoms with Crippen LogP contribution >= 0.6 is 0 Å². The molecule has 2 heterocycles. The Labute approximate surface area is 180 Å². The maximum Gasteiger partial charge on any atom is 0.269 e. The number of morpholine rings is 1. The number of fused-ring (bicyclic) bond motifs is 1. The van der Waals surface area contributed by atoms with E-state index in [4.69, 9.17) is 9.47 Å². The molecule has 0 N–H and O–H groups in total. The summed E-state index contributed by atoms with van der Waals surface area (Å²) in [6.07, 6.45) is 1.36. The second-order valence-corrected chi connectivity index (χ2v) is 8.93. The largest absolute Gasteiger partial charge is 0.501 e. The minimum absolute atomic E-state index is 0.0977. The average molecular weight is 442 g/mol. The maximum absolute atomic E-state index is 13.2. The van der Waals surface area contributed by atoms with Gasteiger partial charge in [0.2, 0.25) is 10.0 Å². The van der Waals surface area contributed by atoms with Crippen molar-refractivity contribution in [3.63, 3.8) is 0 Å². The van der Waals surface area contributed by atoms with Gasteiger partial charge in [0.1, 0.15) is 0 Å².